The molecule has 0 heterocycles. The van der Waals surface area contributed by atoms with Gasteiger partial charge in [0.25, 0.3) is 0 Å². The van der Waals surface area contributed by atoms with Crippen LogP contribution in [0.25, 0.3) is 0 Å². The molecule has 0 aromatic heterocycles. The lowest BCUT2D eigenvalue weighted by Gasteiger charge is -2.15. The highest BCUT2D eigenvalue weighted by Gasteiger charge is 2.09. The molecule has 0 unspecified atom stereocenters. The Labute approximate surface area is 199 Å². The lowest BCUT2D eigenvalue weighted by molar-refractivity contribution is 0.213. The summed E-state index contributed by atoms with van der Waals surface area (Å²) < 4.78 is 17.9. The fourth-order valence-electron chi connectivity index (χ4n) is 3.72. The predicted molar refractivity (Wildman–Crippen MR) is 136 cm³/mol. The van der Waals surface area contributed by atoms with Crippen LogP contribution < -0.4 is 14.2 Å². The molecule has 33 heavy (non-hydrogen) atoms. The molecule has 0 aliphatic rings. The van der Waals surface area contributed by atoms with E-state index < -0.39 is 0 Å². The molecule has 0 aliphatic carbocycles. The molecule has 0 amide bonds. The summed E-state index contributed by atoms with van der Waals surface area (Å²) in [5.41, 5.74) is 6.40. The smallest absolute Gasteiger partial charge is 0.125 e. The molecule has 0 spiro atoms. The van der Waals surface area contributed by atoms with E-state index >= 15 is 0 Å². The number of hydrogen-bond acceptors (Lipinski definition) is 5. The highest BCUT2D eigenvalue weighted by atomic mass is 16.6. The quantitative estimate of drug-likeness (QED) is 0.144. The molecule has 0 bridgehead atoms. The molecule has 0 fully saturated rings. The first kappa shape index (κ1) is 26.3. The van der Waals surface area contributed by atoms with Crippen molar-refractivity contribution in [3.8, 4) is 17.2 Å². The van der Waals surface area contributed by atoms with Gasteiger partial charge in [-0.1, -0.05) is 17.3 Å². The van der Waals surface area contributed by atoms with Gasteiger partial charge < -0.3 is 19.0 Å². The third kappa shape index (κ3) is 8.16. The normalized spacial score (nSPS) is 11.7. The summed E-state index contributed by atoms with van der Waals surface area (Å²) in [6.07, 6.45) is 7.02. The van der Waals surface area contributed by atoms with Crippen molar-refractivity contribution in [1.29, 1.82) is 0 Å². The van der Waals surface area contributed by atoms with E-state index in [0.29, 0.717) is 19.8 Å². The van der Waals surface area contributed by atoms with Crippen molar-refractivity contribution in [3.63, 3.8) is 0 Å². The van der Waals surface area contributed by atoms with Crippen LogP contribution in [-0.4, -0.2) is 32.6 Å². The summed E-state index contributed by atoms with van der Waals surface area (Å²) in [6.45, 7) is 14.2. The summed E-state index contributed by atoms with van der Waals surface area (Å²) in [5.74, 6) is 2.77. The lowest BCUT2D eigenvalue weighted by atomic mass is 10.0. The molecule has 0 N–H and O–H groups in total. The number of hydrogen-bond donors (Lipinski definition) is 0. The Morgan fingerprint density at radius 3 is 2.12 bits per heavy atom. The summed E-state index contributed by atoms with van der Waals surface area (Å²) in [4.78, 5) is 4.90. The topological polar surface area (TPSA) is 49.3 Å². The van der Waals surface area contributed by atoms with Gasteiger partial charge >= 0.3 is 0 Å². The first-order chi connectivity index (χ1) is 15.9. The van der Waals surface area contributed by atoms with E-state index in [1.54, 1.807) is 7.11 Å². The summed E-state index contributed by atoms with van der Waals surface area (Å²) in [7, 11) is 1.56. The molecule has 180 valence electrons. The largest absolute Gasteiger partial charge is 0.493 e. The minimum absolute atomic E-state index is 0.586. The Hall–Kier alpha value is -2.95. The van der Waals surface area contributed by atoms with E-state index in [1.807, 2.05) is 38.1 Å². The van der Waals surface area contributed by atoms with Gasteiger partial charge in [0.05, 0.1) is 18.9 Å². The Morgan fingerprint density at radius 1 is 0.818 bits per heavy atom. The first-order valence-electron chi connectivity index (χ1n) is 11.7. The number of ether oxygens (including phenoxy) is 3. The molecule has 0 saturated carbocycles. The molecule has 0 radical (unpaired) electrons. The van der Waals surface area contributed by atoms with E-state index in [-0.39, 0.29) is 0 Å². The number of unbranched alkanes of at least 4 members (excludes halogenated alkanes) is 2. The van der Waals surface area contributed by atoms with Crippen LogP contribution in [0.4, 0.5) is 0 Å². The third-order valence-electron chi connectivity index (χ3n) is 5.45. The molecular formula is C28H39NO4. The molecule has 0 saturated heterocycles. The van der Waals surface area contributed by atoms with Gasteiger partial charge in [-0.05, 0) is 107 Å². The Morgan fingerprint density at radius 2 is 1.48 bits per heavy atom. The molecule has 5 nitrogen and oxygen atoms in total. The Kier molecular flexibility index (Phi) is 10.8. The highest BCUT2D eigenvalue weighted by Crippen LogP contribution is 2.29. The van der Waals surface area contributed by atoms with Crippen molar-refractivity contribution in [2.24, 2.45) is 5.16 Å². The van der Waals surface area contributed by atoms with Crippen LogP contribution in [0, 0.1) is 27.7 Å². The van der Waals surface area contributed by atoms with Gasteiger partial charge in [-0.15, -0.1) is 0 Å². The second-order valence-corrected chi connectivity index (χ2v) is 8.32. The molecule has 0 aliphatic heterocycles. The number of nitrogens with zero attached hydrogens (tertiary/aromatic N) is 1. The molecule has 2 rings (SSSR count). The van der Waals surface area contributed by atoms with E-state index in [2.05, 4.69) is 45.0 Å². The van der Waals surface area contributed by atoms with Crippen LogP contribution in [0.1, 0.15) is 60.9 Å². The van der Waals surface area contributed by atoms with Gasteiger partial charge in [0.1, 0.15) is 31.0 Å². The van der Waals surface area contributed by atoms with Gasteiger partial charge in [0, 0.05) is 5.56 Å². The zero-order chi connectivity index (χ0) is 24.2. The molecular weight excluding hydrogens is 414 g/mol. The van der Waals surface area contributed by atoms with Crippen LogP contribution in [0.5, 0.6) is 17.2 Å². The third-order valence-corrected chi connectivity index (χ3v) is 5.45. The lowest BCUT2D eigenvalue weighted by Crippen LogP contribution is -2.05. The number of aryl methyl sites for hydroxylation is 4. The van der Waals surface area contributed by atoms with E-state index in [9.17, 15) is 0 Å². The van der Waals surface area contributed by atoms with Gasteiger partial charge in [-0.2, -0.15) is 0 Å². The fraction of sp³-hybridized carbons (Fsp3) is 0.464. The second kappa shape index (κ2) is 13.6. The van der Waals surface area contributed by atoms with Crippen LogP contribution >= 0.6 is 0 Å². The van der Waals surface area contributed by atoms with Crippen molar-refractivity contribution in [3.05, 3.63) is 64.2 Å². The predicted octanol–water partition coefficient (Wildman–Crippen LogP) is 6.87. The van der Waals surface area contributed by atoms with Gasteiger partial charge in [-0.25, -0.2) is 0 Å². The average molecular weight is 454 g/mol. The van der Waals surface area contributed by atoms with Crippen molar-refractivity contribution in [1.82, 2.24) is 0 Å². The summed E-state index contributed by atoms with van der Waals surface area (Å²) >= 11 is 0. The Bertz CT molecular complexity index is 940. The number of benzene rings is 2. The second-order valence-electron chi connectivity index (χ2n) is 8.32. The average Bonchev–Trinajstić information content (AvgIpc) is 2.77. The maximum absolute atomic E-state index is 6.07. The van der Waals surface area contributed by atoms with Crippen molar-refractivity contribution < 1.29 is 19.0 Å². The van der Waals surface area contributed by atoms with Gasteiger partial charge in [0.15, 0.2) is 0 Å². The number of allylic oxidation sites excluding steroid dienone is 1. The zero-order valence-electron chi connectivity index (χ0n) is 21.3. The van der Waals surface area contributed by atoms with Crippen LogP contribution in [0.3, 0.4) is 0 Å². The van der Waals surface area contributed by atoms with Crippen molar-refractivity contribution in [2.45, 2.75) is 60.8 Å². The highest BCUT2D eigenvalue weighted by molar-refractivity contribution is 6.00. The van der Waals surface area contributed by atoms with E-state index in [0.717, 1.165) is 70.0 Å². The fourth-order valence-corrected chi connectivity index (χ4v) is 3.72. The van der Waals surface area contributed by atoms with Crippen LogP contribution in [0.15, 0.2) is 41.6 Å². The first-order valence-corrected chi connectivity index (χ1v) is 11.7. The molecule has 2 aromatic rings. The van der Waals surface area contributed by atoms with Crippen LogP contribution in [0.2, 0.25) is 0 Å². The van der Waals surface area contributed by atoms with Crippen molar-refractivity contribution in [2.75, 3.05) is 26.9 Å². The standard InChI is InChI=1S/C28H39NO4/c1-8-9-13-31-25-16-22(4)28(23(5)17-25)33-15-12-10-11-14-32-27-19-20(2)26(18-21(27)3)24(6)29-30-7/h8-9,16-19H,10-15H2,1-7H3/b9-8+,29-24+. The number of oxime groups is 1. The van der Waals surface area contributed by atoms with E-state index in [4.69, 9.17) is 19.0 Å². The zero-order valence-corrected chi connectivity index (χ0v) is 21.3. The molecule has 5 heteroatoms. The number of rotatable bonds is 13. The van der Waals surface area contributed by atoms with Crippen LogP contribution in [-0.2, 0) is 4.84 Å². The maximum Gasteiger partial charge on any atom is 0.125 e. The van der Waals surface area contributed by atoms with Crippen molar-refractivity contribution >= 4 is 5.71 Å². The Balaban J connectivity index is 1.75. The monoisotopic (exact) mass is 453 g/mol. The maximum atomic E-state index is 6.07. The summed E-state index contributed by atoms with van der Waals surface area (Å²) in [6, 6.07) is 8.27. The van der Waals surface area contributed by atoms with Gasteiger partial charge in [-0.3, -0.25) is 0 Å². The minimum Gasteiger partial charge on any atom is -0.493 e. The molecule has 2 aromatic carbocycles. The van der Waals surface area contributed by atoms with E-state index in [1.165, 1.54) is 0 Å². The van der Waals surface area contributed by atoms with Gasteiger partial charge in [0.2, 0.25) is 0 Å². The summed E-state index contributed by atoms with van der Waals surface area (Å²) in [5, 5.41) is 4.04. The minimum atomic E-state index is 0.586. The SMILES string of the molecule is C/C=C/COc1cc(C)c(OCCCCCOc2cc(C)c(/C(C)=N/OC)cc2C)c(C)c1. The molecule has 0 atom stereocenters.